The third-order valence-corrected chi connectivity index (χ3v) is 4.53. The van der Waals surface area contributed by atoms with E-state index in [0.29, 0.717) is 5.95 Å². The Bertz CT molecular complexity index is 960. The van der Waals surface area contributed by atoms with E-state index in [2.05, 4.69) is 52.7 Å². The number of aromatic nitrogens is 3. The number of anilines is 1. The van der Waals surface area contributed by atoms with Crippen molar-refractivity contribution in [2.45, 2.75) is 13.0 Å². The van der Waals surface area contributed by atoms with Crippen molar-refractivity contribution in [3.63, 3.8) is 0 Å². The molecular weight excluding hydrogens is 328 g/mol. The van der Waals surface area contributed by atoms with Gasteiger partial charge in [0.2, 0.25) is 5.95 Å². The van der Waals surface area contributed by atoms with Gasteiger partial charge in [-0.1, -0.05) is 29.8 Å². The van der Waals surface area contributed by atoms with Crippen LogP contribution in [0.1, 0.15) is 22.7 Å². The number of methoxy groups -OCH3 is 2. The minimum Gasteiger partial charge on any atom is -0.497 e. The Morgan fingerprint density at radius 3 is 2.58 bits per heavy atom. The van der Waals surface area contributed by atoms with Crippen molar-refractivity contribution >= 4 is 11.6 Å². The van der Waals surface area contributed by atoms with Gasteiger partial charge >= 0.3 is 0 Å². The van der Waals surface area contributed by atoms with E-state index in [1.807, 2.05) is 22.9 Å². The zero-order chi connectivity index (χ0) is 18.1. The highest BCUT2D eigenvalue weighted by Gasteiger charge is 2.26. The van der Waals surface area contributed by atoms with Crippen LogP contribution in [0.2, 0.25) is 0 Å². The fourth-order valence-electron chi connectivity index (χ4n) is 3.12. The summed E-state index contributed by atoms with van der Waals surface area (Å²) in [5, 5.41) is 7.74. The molecular formula is C20H20N4O2. The second kappa shape index (κ2) is 6.55. The standard InChI is InChI=1S/C20H20N4O2/c1-13-4-6-14(7-5-13)17-11-18(24-20(23-17)21-12-22-24)16-9-8-15(25-2)10-19(16)26-3/h4-12,18H,1-3H3,(H,21,22,23)/t18-/m1/s1. The van der Waals surface area contributed by atoms with E-state index in [1.54, 1.807) is 20.5 Å². The first kappa shape index (κ1) is 16.2. The van der Waals surface area contributed by atoms with Gasteiger partial charge in [0, 0.05) is 17.3 Å². The molecule has 3 aromatic rings. The first-order chi connectivity index (χ1) is 12.7. The van der Waals surface area contributed by atoms with E-state index >= 15 is 0 Å². The van der Waals surface area contributed by atoms with Crippen LogP contribution in [0.4, 0.5) is 5.95 Å². The van der Waals surface area contributed by atoms with Crippen molar-refractivity contribution < 1.29 is 9.47 Å². The van der Waals surface area contributed by atoms with E-state index in [1.165, 1.54) is 5.56 Å². The molecule has 0 fully saturated rings. The Morgan fingerprint density at radius 2 is 1.85 bits per heavy atom. The van der Waals surface area contributed by atoms with Crippen molar-refractivity contribution in [1.82, 2.24) is 14.8 Å². The summed E-state index contributed by atoms with van der Waals surface area (Å²) in [7, 11) is 3.30. The molecule has 2 aromatic carbocycles. The van der Waals surface area contributed by atoms with Crippen LogP contribution in [0.3, 0.4) is 0 Å². The molecule has 0 aliphatic carbocycles. The van der Waals surface area contributed by atoms with Crippen LogP contribution < -0.4 is 14.8 Å². The fourth-order valence-corrected chi connectivity index (χ4v) is 3.12. The maximum Gasteiger partial charge on any atom is 0.226 e. The van der Waals surface area contributed by atoms with Crippen molar-refractivity contribution in [3.8, 4) is 11.5 Å². The van der Waals surface area contributed by atoms with Crippen LogP contribution >= 0.6 is 0 Å². The Labute approximate surface area is 152 Å². The smallest absolute Gasteiger partial charge is 0.226 e. The van der Waals surface area contributed by atoms with Crippen LogP contribution in [0.25, 0.3) is 5.70 Å². The van der Waals surface area contributed by atoms with Crippen LogP contribution in [-0.4, -0.2) is 29.0 Å². The Balaban J connectivity index is 1.82. The van der Waals surface area contributed by atoms with Crippen LogP contribution in [0, 0.1) is 6.92 Å². The Morgan fingerprint density at radius 1 is 1.04 bits per heavy atom. The number of rotatable bonds is 4. The minimum atomic E-state index is -0.133. The summed E-state index contributed by atoms with van der Waals surface area (Å²) in [5.74, 6) is 2.20. The molecule has 132 valence electrons. The number of fused-ring (bicyclic) bond motifs is 1. The zero-order valence-corrected chi connectivity index (χ0v) is 14.9. The lowest BCUT2D eigenvalue weighted by Crippen LogP contribution is -2.20. The SMILES string of the molecule is COc1ccc([C@H]2C=C(c3ccc(C)cc3)Nc3ncnn32)c(OC)c1. The van der Waals surface area contributed by atoms with Gasteiger partial charge in [-0.25, -0.2) is 4.68 Å². The molecule has 4 rings (SSSR count). The molecule has 1 atom stereocenters. The van der Waals surface area contributed by atoms with E-state index < -0.39 is 0 Å². The molecule has 26 heavy (non-hydrogen) atoms. The van der Waals surface area contributed by atoms with Crippen molar-refractivity contribution in [3.05, 3.63) is 71.6 Å². The molecule has 1 aliphatic heterocycles. The number of nitrogens with zero attached hydrogens (tertiary/aromatic N) is 3. The molecule has 1 N–H and O–H groups in total. The topological polar surface area (TPSA) is 61.2 Å². The first-order valence-electron chi connectivity index (χ1n) is 8.37. The molecule has 0 radical (unpaired) electrons. The van der Waals surface area contributed by atoms with Gasteiger partial charge < -0.3 is 14.8 Å². The van der Waals surface area contributed by atoms with Crippen molar-refractivity contribution in [2.24, 2.45) is 0 Å². The molecule has 6 heteroatoms. The quantitative estimate of drug-likeness (QED) is 0.780. The largest absolute Gasteiger partial charge is 0.497 e. The van der Waals surface area contributed by atoms with E-state index in [4.69, 9.17) is 9.47 Å². The number of hydrogen-bond acceptors (Lipinski definition) is 5. The monoisotopic (exact) mass is 348 g/mol. The molecule has 1 aromatic heterocycles. The van der Waals surface area contributed by atoms with Gasteiger partial charge in [-0.3, -0.25) is 0 Å². The summed E-state index contributed by atoms with van der Waals surface area (Å²) in [6, 6.07) is 14.1. The molecule has 0 bridgehead atoms. The number of allylic oxidation sites excluding steroid dienone is 1. The average molecular weight is 348 g/mol. The summed E-state index contributed by atoms with van der Waals surface area (Å²) >= 11 is 0. The summed E-state index contributed by atoms with van der Waals surface area (Å²) in [5.41, 5.74) is 4.31. The highest BCUT2D eigenvalue weighted by atomic mass is 16.5. The van der Waals surface area contributed by atoms with Crippen molar-refractivity contribution in [2.75, 3.05) is 19.5 Å². The van der Waals surface area contributed by atoms with Gasteiger partial charge in [0.25, 0.3) is 0 Å². The van der Waals surface area contributed by atoms with Gasteiger partial charge in [-0.2, -0.15) is 10.1 Å². The second-order valence-electron chi connectivity index (χ2n) is 6.15. The third-order valence-electron chi connectivity index (χ3n) is 4.53. The summed E-state index contributed by atoms with van der Waals surface area (Å²) in [4.78, 5) is 4.35. The molecule has 0 saturated carbocycles. The maximum absolute atomic E-state index is 5.60. The molecule has 0 unspecified atom stereocenters. The second-order valence-corrected chi connectivity index (χ2v) is 6.15. The van der Waals surface area contributed by atoms with E-state index in [9.17, 15) is 0 Å². The Hall–Kier alpha value is -3.28. The number of benzene rings is 2. The summed E-state index contributed by atoms with van der Waals surface area (Å²) in [6.07, 6.45) is 3.69. The van der Waals surface area contributed by atoms with Gasteiger partial charge in [-0.15, -0.1) is 0 Å². The summed E-state index contributed by atoms with van der Waals surface area (Å²) < 4.78 is 12.8. The molecule has 0 spiro atoms. The first-order valence-corrected chi connectivity index (χ1v) is 8.37. The van der Waals surface area contributed by atoms with Crippen LogP contribution in [-0.2, 0) is 0 Å². The van der Waals surface area contributed by atoms with Gasteiger partial charge in [0.05, 0.1) is 14.2 Å². The fraction of sp³-hybridized carbons (Fsp3) is 0.200. The minimum absolute atomic E-state index is 0.133. The normalized spacial score (nSPS) is 15.7. The van der Waals surface area contributed by atoms with Gasteiger partial charge in [0.1, 0.15) is 23.9 Å². The van der Waals surface area contributed by atoms with Crippen LogP contribution in [0.5, 0.6) is 11.5 Å². The highest BCUT2D eigenvalue weighted by Crippen LogP contribution is 2.37. The van der Waals surface area contributed by atoms with Gasteiger partial charge in [0.15, 0.2) is 0 Å². The predicted molar refractivity (Wildman–Crippen MR) is 100 cm³/mol. The van der Waals surface area contributed by atoms with E-state index in [-0.39, 0.29) is 6.04 Å². The van der Waals surface area contributed by atoms with Gasteiger partial charge in [-0.05, 0) is 30.7 Å². The molecule has 2 heterocycles. The number of ether oxygens (including phenoxy) is 2. The van der Waals surface area contributed by atoms with Crippen molar-refractivity contribution in [1.29, 1.82) is 0 Å². The lowest BCUT2D eigenvalue weighted by atomic mass is 10.00. The molecule has 1 aliphatic rings. The predicted octanol–water partition coefficient (Wildman–Crippen LogP) is 3.66. The Kier molecular flexibility index (Phi) is 4.08. The average Bonchev–Trinajstić information content (AvgIpc) is 3.16. The number of aryl methyl sites for hydroxylation is 1. The lowest BCUT2D eigenvalue weighted by molar-refractivity contribution is 0.387. The highest BCUT2D eigenvalue weighted by molar-refractivity contribution is 5.77. The van der Waals surface area contributed by atoms with Crippen LogP contribution in [0.15, 0.2) is 54.9 Å². The third kappa shape index (κ3) is 2.79. The number of hydrogen-bond donors (Lipinski definition) is 1. The maximum atomic E-state index is 5.60. The number of nitrogens with one attached hydrogen (secondary N) is 1. The lowest BCUT2D eigenvalue weighted by Gasteiger charge is -2.25. The molecule has 6 nitrogen and oxygen atoms in total. The summed E-state index contributed by atoms with van der Waals surface area (Å²) in [6.45, 7) is 2.08. The zero-order valence-electron chi connectivity index (χ0n) is 14.9. The molecule has 0 saturated heterocycles. The molecule has 0 amide bonds. The van der Waals surface area contributed by atoms with E-state index in [0.717, 1.165) is 28.3 Å².